The SMILES string of the molecule is CNC(=O)c1cnc(N)c(OC[C@@H]2CN(C=Cc3ccc(OC(F)(F)F)cc3)CC2(F)F)c1. The van der Waals surface area contributed by atoms with E-state index in [9.17, 15) is 26.7 Å². The molecule has 1 aliphatic heterocycles. The van der Waals surface area contributed by atoms with Gasteiger partial charge in [-0.2, -0.15) is 0 Å². The van der Waals surface area contributed by atoms with Crippen molar-refractivity contribution < 1.29 is 36.2 Å². The van der Waals surface area contributed by atoms with E-state index in [0.29, 0.717) is 5.56 Å². The maximum atomic E-state index is 14.5. The monoisotopic (exact) mass is 472 g/mol. The number of benzene rings is 1. The van der Waals surface area contributed by atoms with Gasteiger partial charge >= 0.3 is 6.36 Å². The van der Waals surface area contributed by atoms with Crippen LogP contribution in [0.5, 0.6) is 11.5 Å². The van der Waals surface area contributed by atoms with E-state index in [-0.39, 0.29) is 36.0 Å². The Morgan fingerprint density at radius 3 is 2.67 bits per heavy atom. The molecule has 0 aliphatic carbocycles. The van der Waals surface area contributed by atoms with Gasteiger partial charge in [0.1, 0.15) is 5.75 Å². The first kappa shape index (κ1) is 24.1. The Hall–Kier alpha value is -3.57. The fraction of sp³-hybridized carbons (Fsp3) is 0.333. The number of amides is 1. The Labute approximate surface area is 186 Å². The molecule has 0 spiro atoms. The highest BCUT2D eigenvalue weighted by Gasteiger charge is 2.47. The van der Waals surface area contributed by atoms with E-state index in [1.165, 1.54) is 48.6 Å². The van der Waals surface area contributed by atoms with Gasteiger partial charge in [-0.25, -0.2) is 13.8 Å². The van der Waals surface area contributed by atoms with Crippen molar-refractivity contribution in [3.05, 3.63) is 53.9 Å². The van der Waals surface area contributed by atoms with E-state index in [1.54, 1.807) is 0 Å². The summed E-state index contributed by atoms with van der Waals surface area (Å²) in [5.41, 5.74) is 6.41. The van der Waals surface area contributed by atoms with E-state index < -0.39 is 30.7 Å². The number of nitrogens with two attached hydrogens (primary N) is 1. The Bertz CT molecular complexity index is 1010. The number of pyridine rings is 1. The summed E-state index contributed by atoms with van der Waals surface area (Å²) in [6.07, 6.45) is -0.597. The zero-order valence-corrected chi connectivity index (χ0v) is 17.4. The predicted octanol–water partition coefficient (Wildman–Crippen LogP) is 3.54. The van der Waals surface area contributed by atoms with Crippen molar-refractivity contribution in [1.29, 1.82) is 0 Å². The highest BCUT2D eigenvalue weighted by Crippen LogP contribution is 2.34. The van der Waals surface area contributed by atoms with Gasteiger partial charge in [-0.15, -0.1) is 13.2 Å². The molecule has 2 aromatic rings. The Balaban J connectivity index is 1.60. The van der Waals surface area contributed by atoms with Gasteiger partial charge in [0.05, 0.1) is 24.6 Å². The predicted molar refractivity (Wildman–Crippen MR) is 110 cm³/mol. The lowest BCUT2D eigenvalue weighted by Gasteiger charge is -2.18. The van der Waals surface area contributed by atoms with Gasteiger partial charge in [0.25, 0.3) is 11.8 Å². The second kappa shape index (κ2) is 9.51. The number of likely N-dealkylation sites (tertiary alicyclic amines) is 1. The maximum Gasteiger partial charge on any atom is 0.573 e. The van der Waals surface area contributed by atoms with E-state index >= 15 is 0 Å². The van der Waals surface area contributed by atoms with Crippen LogP contribution >= 0.6 is 0 Å². The van der Waals surface area contributed by atoms with Gasteiger partial charge in [-0.1, -0.05) is 12.1 Å². The fourth-order valence-corrected chi connectivity index (χ4v) is 3.17. The summed E-state index contributed by atoms with van der Waals surface area (Å²) in [7, 11) is 1.44. The van der Waals surface area contributed by atoms with E-state index in [0.717, 1.165) is 12.1 Å². The van der Waals surface area contributed by atoms with Crippen LogP contribution in [0.3, 0.4) is 0 Å². The quantitative estimate of drug-likeness (QED) is 0.600. The van der Waals surface area contributed by atoms with Crippen LogP contribution in [0, 0.1) is 5.92 Å². The summed E-state index contributed by atoms with van der Waals surface area (Å²) in [6.45, 7) is -0.941. The molecule has 0 saturated carbocycles. The zero-order valence-electron chi connectivity index (χ0n) is 17.4. The number of alkyl halides is 5. The van der Waals surface area contributed by atoms with Crippen LogP contribution in [0.15, 0.2) is 42.7 Å². The molecule has 1 saturated heterocycles. The molecule has 1 aliphatic rings. The van der Waals surface area contributed by atoms with Gasteiger partial charge in [0.2, 0.25) is 0 Å². The minimum Gasteiger partial charge on any atom is -0.489 e. The molecule has 0 unspecified atom stereocenters. The fourth-order valence-electron chi connectivity index (χ4n) is 3.17. The number of carbonyl (C=O) groups is 1. The molecular weight excluding hydrogens is 451 g/mol. The van der Waals surface area contributed by atoms with Crippen LogP contribution in [0.25, 0.3) is 6.08 Å². The number of aromatic nitrogens is 1. The minimum absolute atomic E-state index is 0.0265. The third-order valence-electron chi connectivity index (χ3n) is 4.87. The molecule has 0 bridgehead atoms. The summed E-state index contributed by atoms with van der Waals surface area (Å²) in [5, 5.41) is 2.42. The topological polar surface area (TPSA) is 89.7 Å². The highest BCUT2D eigenvalue weighted by molar-refractivity contribution is 5.94. The average molecular weight is 472 g/mol. The summed E-state index contributed by atoms with van der Waals surface area (Å²) in [4.78, 5) is 16.9. The first-order valence-electron chi connectivity index (χ1n) is 9.73. The first-order valence-corrected chi connectivity index (χ1v) is 9.73. The highest BCUT2D eigenvalue weighted by atomic mass is 19.4. The molecule has 0 radical (unpaired) electrons. The molecule has 3 rings (SSSR count). The Morgan fingerprint density at radius 2 is 2.03 bits per heavy atom. The molecule has 1 atom stereocenters. The third kappa shape index (κ3) is 6.46. The molecule has 1 aromatic heterocycles. The zero-order chi connectivity index (χ0) is 24.2. The lowest BCUT2D eigenvalue weighted by atomic mass is 10.1. The van der Waals surface area contributed by atoms with Crippen molar-refractivity contribution in [3.63, 3.8) is 0 Å². The number of anilines is 1. The summed E-state index contributed by atoms with van der Waals surface area (Å²) >= 11 is 0. The molecule has 2 heterocycles. The summed E-state index contributed by atoms with van der Waals surface area (Å²) in [6, 6.07) is 6.35. The molecule has 7 nitrogen and oxygen atoms in total. The second-order valence-electron chi connectivity index (χ2n) is 7.32. The summed E-state index contributed by atoms with van der Waals surface area (Å²) < 4.78 is 74.8. The number of rotatable bonds is 7. The first-order chi connectivity index (χ1) is 15.5. The van der Waals surface area contributed by atoms with Crippen LogP contribution in [0.2, 0.25) is 0 Å². The molecule has 1 fully saturated rings. The smallest absolute Gasteiger partial charge is 0.489 e. The number of hydrogen-bond donors (Lipinski definition) is 2. The number of carbonyl (C=O) groups excluding carboxylic acids is 1. The third-order valence-corrected chi connectivity index (χ3v) is 4.87. The molecular formula is C21H21F5N4O3. The van der Waals surface area contributed by atoms with Crippen molar-refractivity contribution in [1.82, 2.24) is 15.2 Å². The van der Waals surface area contributed by atoms with Crippen LogP contribution in [0.1, 0.15) is 15.9 Å². The molecule has 1 aromatic carbocycles. The number of halogens is 5. The van der Waals surface area contributed by atoms with Crippen LogP contribution in [-0.4, -0.2) is 54.8 Å². The molecule has 33 heavy (non-hydrogen) atoms. The van der Waals surface area contributed by atoms with Gasteiger partial charge in [-0.3, -0.25) is 4.79 Å². The number of hydrogen-bond acceptors (Lipinski definition) is 6. The van der Waals surface area contributed by atoms with Crippen LogP contribution < -0.4 is 20.5 Å². The van der Waals surface area contributed by atoms with Crippen LogP contribution in [-0.2, 0) is 0 Å². The lowest BCUT2D eigenvalue weighted by Crippen LogP contribution is -2.31. The Morgan fingerprint density at radius 1 is 1.33 bits per heavy atom. The molecule has 178 valence electrons. The average Bonchev–Trinajstić information content (AvgIpc) is 3.04. The lowest BCUT2D eigenvalue weighted by molar-refractivity contribution is -0.274. The standard InChI is InChI=1S/C21H21F5N4O3/c1-28-19(31)14-8-17(18(27)29-9-14)32-11-15-10-30(12-20(15,22)23)7-6-13-2-4-16(5-3-13)33-21(24,25)26/h2-9,15H,10-12H2,1H3,(H2,27,29)(H,28,31)/t15-/m0/s1. The summed E-state index contributed by atoms with van der Waals surface area (Å²) in [5.74, 6) is -5.02. The largest absolute Gasteiger partial charge is 0.573 e. The van der Waals surface area contributed by atoms with Gasteiger partial charge in [-0.05, 0) is 36.0 Å². The van der Waals surface area contributed by atoms with Crippen molar-refractivity contribution >= 4 is 17.8 Å². The maximum absolute atomic E-state index is 14.5. The van der Waals surface area contributed by atoms with Crippen LogP contribution in [0.4, 0.5) is 27.8 Å². The number of nitrogens with zero attached hydrogens (tertiary/aromatic N) is 2. The van der Waals surface area contributed by atoms with E-state index in [4.69, 9.17) is 10.5 Å². The van der Waals surface area contributed by atoms with Gasteiger partial charge in [0, 0.05) is 19.8 Å². The van der Waals surface area contributed by atoms with E-state index in [1.807, 2.05) is 0 Å². The number of nitrogen functional groups attached to an aromatic ring is 1. The van der Waals surface area contributed by atoms with Crippen molar-refractivity contribution in [2.75, 3.05) is 32.5 Å². The normalized spacial score (nSPS) is 17.9. The van der Waals surface area contributed by atoms with Gasteiger partial charge < -0.3 is 25.4 Å². The van der Waals surface area contributed by atoms with Crippen molar-refractivity contribution in [2.24, 2.45) is 5.92 Å². The molecule has 3 N–H and O–H groups in total. The molecule has 12 heteroatoms. The Kier molecular flexibility index (Phi) is 6.94. The van der Waals surface area contributed by atoms with Crippen molar-refractivity contribution in [3.8, 4) is 11.5 Å². The number of nitrogens with one attached hydrogen (secondary N) is 1. The van der Waals surface area contributed by atoms with Crippen molar-refractivity contribution in [2.45, 2.75) is 12.3 Å². The van der Waals surface area contributed by atoms with E-state index in [2.05, 4.69) is 15.0 Å². The second-order valence-corrected chi connectivity index (χ2v) is 7.32. The minimum atomic E-state index is -4.79. The molecule has 1 amide bonds. The number of ether oxygens (including phenoxy) is 2. The van der Waals surface area contributed by atoms with Gasteiger partial charge in [0.15, 0.2) is 11.6 Å².